The second-order valence-electron chi connectivity index (χ2n) is 6.47. The monoisotopic (exact) mass is 381 g/mol. The fourth-order valence-electron chi connectivity index (χ4n) is 2.83. The van der Waals surface area contributed by atoms with Crippen molar-refractivity contribution in [3.63, 3.8) is 0 Å². The van der Waals surface area contributed by atoms with Gasteiger partial charge in [0.25, 0.3) is 0 Å². The molecule has 146 valence electrons. The maximum absolute atomic E-state index is 12.5. The molecule has 0 fully saturated rings. The molecule has 0 saturated heterocycles. The van der Waals surface area contributed by atoms with E-state index in [-0.39, 0.29) is 12.5 Å². The summed E-state index contributed by atoms with van der Waals surface area (Å²) in [5.41, 5.74) is 2.74. The maximum atomic E-state index is 12.5. The lowest BCUT2D eigenvalue weighted by molar-refractivity contribution is -0.130. The predicted octanol–water partition coefficient (Wildman–Crippen LogP) is 3.26. The SMILES string of the molecule is COc1ccc(-c2noc(CN(C)C(=O)Cc3ccc(OC)c(C)c3)n2)cc1. The Labute approximate surface area is 163 Å². The Morgan fingerprint density at radius 2 is 1.86 bits per heavy atom. The van der Waals surface area contributed by atoms with Crippen molar-refractivity contribution in [1.82, 2.24) is 15.0 Å². The molecule has 0 radical (unpaired) electrons. The van der Waals surface area contributed by atoms with Gasteiger partial charge in [-0.3, -0.25) is 4.79 Å². The van der Waals surface area contributed by atoms with Gasteiger partial charge < -0.3 is 18.9 Å². The summed E-state index contributed by atoms with van der Waals surface area (Å²) in [6, 6.07) is 13.1. The van der Waals surface area contributed by atoms with Crippen molar-refractivity contribution in [2.45, 2.75) is 19.9 Å². The van der Waals surface area contributed by atoms with Crippen molar-refractivity contribution >= 4 is 5.91 Å². The van der Waals surface area contributed by atoms with Crippen LogP contribution in [-0.4, -0.2) is 42.2 Å². The van der Waals surface area contributed by atoms with E-state index in [9.17, 15) is 4.79 Å². The minimum Gasteiger partial charge on any atom is -0.497 e. The molecule has 2 aromatic carbocycles. The summed E-state index contributed by atoms with van der Waals surface area (Å²) in [7, 11) is 4.96. The first-order valence-corrected chi connectivity index (χ1v) is 8.84. The number of hydrogen-bond donors (Lipinski definition) is 0. The highest BCUT2D eigenvalue weighted by molar-refractivity contribution is 5.78. The second-order valence-corrected chi connectivity index (χ2v) is 6.47. The quantitative estimate of drug-likeness (QED) is 0.625. The van der Waals surface area contributed by atoms with E-state index in [0.717, 1.165) is 28.2 Å². The lowest BCUT2D eigenvalue weighted by Crippen LogP contribution is -2.27. The van der Waals surface area contributed by atoms with Crippen LogP contribution in [0.15, 0.2) is 47.0 Å². The van der Waals surface area contributed by atoms with Crippen LogP contribution in [0.1, 0.15) is 17.0 Å². The van der Waals surface area contributed by atoms with Gasteiger partial charge in [-0.2, -0.15) is 4.98 Å². The van der Waals surface area contributed by atoms with E-state index >= 15 is 0 Å². The van der Waals surface area contributed by atoms with Crippen LogP contribution in [0.4, 0.5) is 0 Å². The van der Waals surface area contributed by atoms with Crippen LogP contribution in [0.5, 0.6) is 11.5 Å². The number of hydrogen-bond acceptors (Lipinski definition) is 6. The predicted molar refractivity (Wildman–Crippen MR) is 104 cm³/mol. The van der Waals surface area contributed by atoms with Crippen LogP contribution < -0.4 is 9.47 Å². The molecule has 1 amide bonds. The summed E-state index contributed by atoms with van der Waals surface area (Å²) in [5.74, 6) is 2.39. The summed E-state index contributed by atoms with van der Waals surface area (Å²) in [5, 5.41) is 3.99. The van der Waals surface area contributed by atoms with Gasteiger partial charge >= 0.3 is 0 Å². The molecule has 3 aromatic rings. The molecule has 0 aliphatic rings. The summed E-state index contributed by atoms with van der Waals surface area (Å²) in [6.07, 6.45) is 0.292. The summed E-state index contributed by atoms with van der Waals surface area (Å²) < 4.78 is 15.7. The van der Waals surface area contributed by atoms with Crippen LogP contribution >= 0.6 is 0 Å². The molecule has 3 rings (SSSR count). The van der Waals surface area contributed by atoms with E-state index in [1.807, 2.05) is 49.4 Å². The normalized spacial score (nSPS) is 10.6. The molecule has 7 heteroatoms. The van der Waals surface area contributed by atoms with Gasteiger partial charge in [0.15, 0.2) is 0 Å². The van der Waals surface area contributed by atoms with Gasteiger partial charge in [-0.1, -0.05) is 17.3 Å². The number of rotatable bonds is 7. The van der Waals surface area contributed by atoms with Crippen LogP contribution in [0.2, 0.25) is 0 Å². The minimum absolute atomic E-state index is 0.0336. The summed E-state index contributed by atoms with van der Waals surface area (Å²) in [4.78, 5) is 18.5. The Balaban J connectivity index is 1.62. The molecule has 28 heavy (non-hydrogen) atoms. The first-order valence-electron chi connectivity index (χ1n) is 8.84. The molecule has 0 aliphatic heterocycles. The van der Waals surface area contributed by atoms with Gasteiger partial charge in [0.2, 0.25) is 17.6 Å². The Kier molecular flexibility index (Phi) is 5.93. The van der Waals surface area contributed by atoms with E-state index < -0.39 is 0 Å². The molecular formula is C21H23N3O4. The Morgan fingerprint density at radius 1 is 1.11 bits per heavy atom. The molecule has 0 N–H and O–H groups in total. The second kappa shape index (κ2) is 8.56. The number of ether oxygens (including phenoxy) is 2. The first kappa shape index (κ1) is 19.4. The van der Waals surface area contributed by atoms with Crippen LogP contribution in [0, 0.1) is 6.92 Å². The third-order valence-corrected chi connectivity index (χ3v) is 4.43. The van der Waals surface area contributed by atoms with Crippen molar-refractivity contribution in [1.29, 1.82) is 0 Å². The van der Waals surface area contributed by atoms with Gasteiger partial charge in [0.05, 0.1) is 27.2 Å². The lowest BCUT2D eigenvalue weighted by atomic mass is 10.1. The highest BCUT2D eigenvalue weighted by Crippen LogP contribution is 2.21. The number of carbonyl (C=O) groups excluding carboxylic acids is 1. The Hall–Kier alpha value is -3.35. The molecule has 0 aliphatic carbocycles. The van der Waals surface area contributed by atoms with Gasteiger partial charge in [0, 0.05) is 12.6 Å². The highest BCUT2D eigenvalue weighted by atomic mass is 16.5. The summed E-state index contributed by atoms with van der Waals surface area (Å²) in [6.45, 7) is 2.20. The molecule has 0 spiro atoms. The zero-order valence-electron chi connectivity index (χ0n) is 16.4. The van der Waals surface area contributed by atoms with Crippen molar-refractivity contribution in [2.24, 2.45) is 0 Å². The average Bonchev–Trinajstić information content (AvgIpc) is 3.16. The topological polar surface area (TPSA) is 77.7 Å². The smallest absolute Gasteiger partial charge is 0.246 e. The number of aromatic nitrogens is 2. The molecule has 0 bridgehead atoms. The molecule has 0 unspecified atom stereocenters. The Bertz CT molecular complexity index is 951. The van der Waals surface area contributed by atoms with Crippen LogP contribution in [-0.2, 0) is 17.8 Å². The van der Waals surface area contributed by atoms with Crippen molar-refractivity contribution in [3.05, 3.63) is 59.5 Å². The maximum Gasteiger partial charge on any atom is 0.246 e. The van der Waals surface area contributed by atoms with E-state index in [2.05, 4.69) is 10.1 Å². The lowest BCUT2D eigenvalue weighted by Gasteiger charge is -2.15. The zero-order chi connectivity index (χ0) is 20.1. The molecule has 1 heterocycles. The van der Waals surface area contributed by atoms with Gasteiger partial charge in [-0.15, -0.1) is 0 Å². The van der Waals surface area contributed by atoms with E-state index in [1.54, 1.807) is 26.2 Å². The molecule has 7 nitrogen and oxygen atoms in total. The van der Waals surface area contributed by atoms with Gasteiger partial charge in [0.1, 0.15) is 11.5 Å². The molecule has 1 aromatic heterocycles. The Morgan fingerprint density at radius 3 is 2.50 bits per heavy atom. The van der Waals surface area contributed by atoms with Crippen LogP contribution in [0.3, 0.4) is 0 Å². The molecular weight excluding hydrogens is 358 g/mol. The van der Waals surface area contributed by atoms with E-state index in [0.29, 0.717) is 18.1 Å². The molecule has 0 saturated carbocycles. The van der Waals surface area contributed by atoms with Crippen molar-refractivity contribution < 1.29 is 18.8 Å². The fourth-order valence-corrected chi connectivity index (χ4v) is 2.83. The third kappa shape index (κ3) is 4.49. The number of nitrogens with zero attached hydrogens (tertiary/aromatic N) is 3. The van der Waals surface area contributed by atoms with Crippen LogP contribution in [0.25, 0.3) is 11.4 Å². The summed E-state index contributed by atoms with van der Waals surface area (Å²) >= 11 is 0. The number of aryl methyl sites for hydroxylation is 1. The van der Waals surface area contributed by atoms with Gasteiger partial charge in [-0.05, 0) is 48.4 Å². The number of methoxy groups -OCH3 is 2. The van der Waals surface area contributed by atoms with E-state index in [1.165, 1.54) is 0 Å². The number of carbonyl (C=O) groups is 1. The minimum atomic E-state index is -0.0336. The standard InChI is InChI=1S/C21H23N3O4/c1-14-11-15(5-10-18(14)27-4)12-20(25)24(2)13-19-22-21(23-28-19)16-6-8-17(26-3)9-7-16/h5-11H,12-13H2,1-4H3. The van der Waals surface area contributed by atoms with Crippen molar-refractivity contribution in [3.8, 4) is 22.9 Å². The largest absolute Gasteiger partial charge is 0.497 e. The number of amides is 1. The average molecular weight is 381 g/mol. The fraction of sp³-hybridized carbons (Fsp3) is 0.286. The van der Waals surface area contributed by atoms with Gasteiger partial charge in [-0.25, -0.2) is 0 Å². The number of benzene rings is 2. The van der Waals surface area contributed by atoms with E-state index in [4.69, 9.17) is 14.0 Å². The zero-order valence-corrected chi connectivity index (χ0v) is 16.4. The number of likely N-dealkylation sites (N-methyl/N-ethyl adjacent to an activating group) is 1. The van der Waals surface area contributed by atoms with Crippen molar-refractivity contribution in [2.75, 3.05) is 21.3 Å². The first-order chi connectivity index (χ1) is 13.5. The molecule has 0 atom stereocenters. The highest BCUT2D eigenvalue weighted by Gasteiger charge is 2.15. The third-order valence-electron chi connectivity index (χ3n) is 4.43.